The molecule has 1 fully saturated rings. The Balaban J connectivity index is 1.87. The molecule has 0 spiro atoms. The Morgan fingerprint density at radius 2 is 1.46 bits per heavy atom. The topological polar surface area (TPSA) is 79.2 Å². The van der Waals surface area contributed by atoms with Crippen LogP contribution in [-0.2, 0) is 9.47 Å². The van der Waals surface area contributed by atoms with Crippen LogP contribution in [0.25, 0.3) is 0 Å². The van der Waals surface area contributed by atoms with Crippen LogP contribution < -0.4 is 0 Å². The predicted molar refractivity (Wildman–Crippen MR) is 113 cm³/mol. The van der Waals surface area contributed by atoms with Gasteiger partial charge >= 0.3 is 0 Å². The molecule has 0 radical (unpaired) electrons. The number of ether oxygens (including phenoxy) is 2. The van der Waals surface area contributed by atoms with Gasteiger partial charge in [-0.3, -0.25) is 0 Å². The van der Waals surface area contributed by atoms with Gasteiger partial charge < -0.3 is 24.8 Å². The summed E-state index contributed by atoms with van der Waals surface area (Å²) in [5.74, 6) is 0. The van der Waals surface area contributed by atoms with Gasteiger partial charge in [-0.1, -0.05) is 70.4 Å². The highest BCUT2D eigenvalue weighted by atomic mass is 16.6. The van der Waals surface area contributed by atoms with Gasteiger partial charge in [0.05, 0.1) is 13.2 Å². The van der Waals surface area contributed by atoms with Crippen molar-refractivity contribution in [1.29, 1.82) is 0 Å². The van der Waals surface area contributed by atoms with Crippen molar-refractivity contribution in [3.8, 4) is 0 Å². The molecule has 1 aliphatic rings. The van der Waals surface area contributed by atoms with Gasteiger partial charge in [0, 0.05) is 6.61 Å². The highest BCUT2D eigenvalue weighted by molar-refractivity contribution is 4.88. The van der Waals surface area contributed by atoms with E-state index >= 15 is 0 Å². The first-order chi connectivity index (χ1) is 13.7. The third kappa shape index (κ3) is 11.5. The van der Waals surface area contributed by atoms with Crippen LogP contribution in [-0.4, -0.2) is 59.6 Å². The number of hydrogen-bond donors (Lipinski definition) is 3. The Morgan fingerprint density at radius 3 is 2.00 bits per heavy atom. The molecule has 1 saturated heterocycles. The van der Waals surface area contributed by atoms with E-state index in [0.29, 0.717) is 6.61 Å². The highest BCUT2D eigenvalue weighted by Gasteiger charge is 2.40. The third-order valence-corrected chi connectivity index (χ3v) is 5.47. The molecule has 1 heterocycles. The highest BCUT2D eigenvalue weighted by Crippen LogP contribution is 2.20. The number of aliphatic hydroxyl groups excluding tert-OH is 3. The average molecular weight is 401 g/mol. The summed E-state index contributed by atoms with van der Waals surface area (Å²) in [6.45, 7) is 2.70. The summed E-state index contributed by atoms with van der Waals surface area (Å²) in [4.78, 5) is 0. The molecule has 1 rings (SSSR count). The number of allylic oxidation sites excluding steroid dienone is 2. The van der Waals surface area contributed by atoms with Crippen LogP contribution in [0, 0.1) is 0 Å². The van der Waals surface area contributed by atoms with Crippen LogP contribution in [0.1, 0.15) is 90.4 Å². The van der Waals surface area contributed by atoms with Crippen molar-refractivity contribution in [3.63, 3.8) is 0 Å². The van der Waals surface area contributed by atoms with Crippen molar-refractivity contribution in [2.45, 2.75) is 115 Å². The molecule has 0 bridgehead atoms. The van der Waals surface area contributed by atoms with E-state index in [1.807, 2.05) is 0 Å². The molecule has 0 amide bonds. The van der Waals surface area contributed by atoms with Gasteiger partial charge in [0.25, 0.3) is 0 Å². The Hall–Kier alpha value is -0.460. The van der Waals surface area contributed by atoms with Gasteiger partial charge in [0.2, 0.25) is 0 Å². The van der Waals surface area contributed by atoms with Crippen LogP contribution in [0.3, 0.4) is 0 Å². The van der Waals surface area contributed by atoms with E-state index in [9.17, 15) is 15.3 Å². The van der Waals surface area contributed by atoms with Crippen LogP contribution in [0.15, 0.2) is 12.2 Å². The zero-order valence-electron chi connectivity index (χ0n) is 17.9. The molecule has 5 nitrogen and oxygen atoms in total. The molecule has 5 heteroatoms. The number of rotatable bonds is 18. The molecule has 166 valence electrons. The Bertz CT molecular complexity index is 374. The molecule has 0 aromatic carbocycles. The molecule has 0 aromatic heterocycles. The Kier molecular flexibility index (Phi) is 15.9. The minimum atomic E-state index is -0.979. The summed E-state index contributed by atoms with van der Waals surface area (Å²) in [5.41, 5.74) is 0. The molecular formula is C23H44O5. The molecule has 4 atom stereocenters. The van der Waals surface area contributed by atoms with Crippen LogP contribution >= 0.6 is 0 Å². The van der Waals surface area contributed by atoms with Crippen molar-refractivity contribution in [1.82, 2.24) is 0 Å². The monoisotopic (exact) mass is 400 g/mol. The molecule has 1 aliphatic heterocycles. The smallest absolute Gasteiger partial charge is 0.114 e. The second kappa shape index (κ2) is 17.4. The van der Waals surface area contributed by atoms with Gasteiger partial charge in [0.1, 0.15) is 24.4 Å². The van der Waals surface area contributed by atoms with Gasteiger partial charge in [-0.25, -0.2) is 0 Å². The fourth-order valence-electron chi connectivity index (χ4n) is 3.61. The Labute approximate surface area is 172 Å². The van der Waals surface area contributed by atoms with E-state index in [0.717, 1.165) is 12.8 Å². The maximum Gasteiger partial charge on any atom is 0.114 e. The fraction of sp³-hybridized carbons (Fsp3) is 0.913. The lowest BCUT2D eigenvalue weighted by molar-refractivity contribution is -0.101. The maximum absolute atomic E-state index is 9.82. The number of unbranched alkanes of at least 4 members (excludes halogenated alkanes) is 11. The summed E-state index contributed by atoms with van der Waals surface area (Å²) in [5, 5.41) is 28.7. The van der Waals surface area contributed by atoms with Crippen molar-refractivity contribution >= 4 is 0 Å². The van der Waals surface area contributed by atoms with Crippen molar-refractivity contribution < 1.29 is 24.8 Å². The fourth-order valence-corrected chi connectivity index (χ4v) is 3.61. The minimum absolute atomic E-state index is 0.0977. The largest absolute Gasteiger partial charge is 0.394 e. The van der Waals surface area contributed by atoms with Gasteiger partial charge in [-0.15, -0.1) is 0 Å². The molecule has 28 heavy (non-hydrogen) atoms. The number of hydrogen-bond acceptors (Lipinski definition) is 5. The minimum Gasteiger partial charge on any atom is -0.394 e. The summed E-state index contributed by atoms with van der Waals surface area (Å²) in [6.07, 6.45) is 17.9. The van der Waals surface area contributed by atoms with Crippen LogP contribution in [0.4, 0.5) is 0 Å². The second-order valence-electron chi connectivity index (χ2n) is 8.03. The lowest BCUT2D eigenvalue weighted by Crippen LogP contribution is -2.42. The van der Waals surface area contributed by atoms with E-state index in [2.05, 4.69) is 19.1 Å². The number of aliphatic hydroxyl groups is 3. The summed E-state index contributed by atoms with van der Waals surface area (Å²) < 4.78 is 11.0. The lowest BCUT2D eigenvalue weighted by atomic mass is 10.1. The van der Waals surface area contributed by atoms with E-state index in [-0.39, 0.29) is 13.2 Å². The molecule has 0 saturated carbocycles. The summed E-state index contributed by atoms with van der Waals surface area (Å²) >= 11 is 0. The van der Waals surface area contributed by atoms with E-state index in [4.69, 9.17) is 9.47 Å². The Morgan fingerprint density at radius 1 is 0.893 bits per heavy atom. The van der Waals surface area contributed by atoms with Gasteiger partial charge in [-0.2, -0.15) is 0 Å². The molecular weight excluding hydrogens is 356 g/mol. The van der Waals surface area contributed by atoms with E-state index < -0.39 is 24.4 Å². The van der Waals surface area contributed by atoms with E-state index in [1.165, 1.54) is 70.6 Å². The van der Waals surface area contributed by atoms with Crippen LogP contribution in [0.5, 0.6) is 0 Å². The standard InChI is InChI=1S/C23H44O5/c1-2-3-4-5-6-7-8-9-10-11-12-13-14-15-16-17-27-21(18-24)23-22(26)20(25)19-28-23/h7-8,20-26H,2-6,9-19H2,1H3/b8-7+/t20-,21+,22+,23+/m0/s1. The van der Waals surface area contributed by atoms with Crippen LogP contribution in [0.2, 0.25) is 0 Å². The molecule has 0 aromatic rings. The van der Waals surface area contributed by atoms with Crippen molar-refractivity contribution in [2.24, 2.45) is 0 Å². The summed E-state index contributed by atoms with van der Waals surface area (Å²) in [7, 11) is 0. The van der Waals surface area contributed by atoms with Crippen molar-refractivity contribution in [3.05, 3.63) is 12.2 Å². The lowest BCUT2D eigenvalue weighted by Gasteiger charge is -2.24. The molecule has 0 aliphatic carbocycles. The van der Waals surface area contributed by atoms with Gasteiger partial charge in [-0.05, 0) is 32.1 Å². The van der Waals surface area contributed by atoms with E-state index in [1.54, 1.807) is 0 Å². The first kappa shape index (κ1) is 25.6. The average Bonchev–Trinajstić information content (AvgIpc) is 3.03. The van der Waals surface area contributed by atoms with Gasteiger partial charge in [0.15, 0.2) is 0 Å². The van der Waals surface area contributed by atoms with Crippen molar-refractivity contribution in [2.75, 3.05) is 19.8 Å². The predicted octanol–water partition coefficient (Wildman–Crippen LogP) is 4.13. The maximum atomic E-state index is 9.82. The first-order valence-electron chi connectivity index (χ1n) is 11.6. The zero-order valence-corrected chi connectivity index (χ0v) is 17.9. The first-order valence-corrected chi connectivity index (χ1v) is 11.6. The normalized spacial score (nSPS) is 23.6. The molecule has 0 unspecified atom stereocenters. The summed E-state index contributed by atoms with van der Waals surface area (Å²) in [6, 6.07) is 0. The zero-order chi connectivity index (χ0) is 20.5. The SMILES string of the molecule is CCCCCC/C=C/CCCCCCCCCO[C@H](CO)[C@H]1OC[C@H](O)[C@H]1O. The third-order valence-electron chi connectivity index (χ3n) is 5.47. The second-order valence-corrected chi connectivity index (χ2v) is 8.03. The quantitative estimate of drug-likeness (QED) is 0.238. The molecule has 3 N–H and O–H groups in total.